The van der Waals surface area contributed by atoms with Crippen molar-refractivity contribution >= 4 is 23.0 Å². The van der Waals surface area contributed by atoms with Gasteiger partial charge in [0.1, 0.15) is 5.69 Å². The molecule has 0 atom stereocenters. The highest BCUT2D eigenvalue weighted by atomic mass is 16.5. The molecule has 1 aliphatic rings. The summed E-state index contributed by atoms with van der Waals surface area (Å²) >= 11 is 0. The average molecular weight is 311 g/mol. The molecule has 1 fully saturated rings. The topological polar surface area (TPSA) is 66.3 Å². The zero-order valence-electron chi connectivity index (χ0n) is 13.3. The van der Waals surface area contributed by atoms with E-state index in [0.29, 0.717) is 24.1 Å². The van der Waals surface area contributed by atoms with Gasteiger partial charge >= 0.3 is 0 Å². The second kappa shape index (κ2) is 6.87. The number of aromatic nitrogens is 1. The molecule has 1 aromatic carbocycles. The summed E-state index contributed by atoms with van der Waals surface area (Å²) in [6.07, 6.45) is 2.70. The molecule has 120 valence electrons. The van der Waals surface area contributed by atoms with Gasteiger partial charge in [0.25, 0.3) is 0 Å². The van der Waals surface area contributed by atoms with Gasteiger partial charge in [-0.05, 0) is 43.5 Å². The van der Waals surface area contributed by atoms with Crippen LogP contribution in [0.5, 0.6) is 0 Å². The Morgan fingerprint density at radius 3 is 2.83 bits per heavy atom. The van der Waals surface area contributed by atoms with Gasteiger partial charge in [-0.2, -0.15) is 0 Å². The van der Waals surface area contributed by atoms with E-state index in [9.17, 15) is 4.79 Å². The summed E-state index contributed by atoms with van der Waals surface area (Å²) in [5.41, 5.74) is 2.42. The fraction of sp³-hybridized carbons (Fsp3) is 0.389. The standard InChI is InChI=1S/C18H21N3O2/c1-13(19)21(17-6-8-23-9-7-17)11-14-2-5-18-15(10-14)3-4-16(12-22)20-18/h2-5,10,12,17,19H,6-9,11H2,1H3. The molecule has 1 aromatic heterocycles. The molecule has 1 saturated heterocycles. The molecular formula is C18H21N3O2. The molecule has 1 aliphatic heterocycles. The fourth-order valence-electron chi connectivity index (χ4n) is 3.07. The Hall–Kier alpha value is -2.27. The second-order valence-electron chi connectivity index (χ2n) is 5.94. The molecule has 0 bridgehead atoms. The monoisotopic (exact) mass is 311 g/mol. The quantitative estimate of drug-likeness (QED) is 0.535. The maximum atomic E-state index is 10.8. The fourth-order valence-corrected chi connectivity index (χ4v) is 3.07. The lowest BCUT2D eigenvalue weighted by atomic mass is 10.0. The van der Waals surface area contributed by atoms with Crippen LogP contribution >= 0.6 is 0 Å². The number of nitrogens with one attached hydrogen (secondary N) is 1. The first-order valence-corrected chi connectivity index (χ1v) is 7.92. The van der Waals surface area contributed by atoms with Crippen molar-refractivity contribution in [2.75, 3.05) is 13.2 Å². The maximum Gasteiger partial charge on any atom is 0.168 e. The molecule has 0 spiro atoms. The van der Waals surface area contributed by atoms with E-state index in [-0.39, 0.29) is 0 Å². The van der Waals surface area contributed by atoms with Gasteiger partial charge in [-0.25, -0.2) is 4.98 Å². The Bertz CT molecular complexity index is 723. The summed E-state index contributed by atoms with van der Waals surface area (Å²) in [5.74, 6) is 0.589. The zero-order valence-corrected chi connectivity index (χ0v) is 13.3. The van der Waals surface area contributed by atoms with Crippen molar-refractivity contribution in [2.24, 2.45) is 0 Å². The SMILES string of the molecule is CC(=N)N(Cc1ccc2nc(C=O)ccc2c1)C1CCOCC1. The molecule has 1 N–H and O–H groups in total. The Labute approximate surface area is 135 Å². The molecule has 0 radical (unpaired) electrons. The van der Waals surface area contributed by atoms with E-state index in [1.165, 1.54) is 0 Å². The molecule has 23 heavy (non-hydrogen) atoms. The summed E-state index contributed by atoms with van der Waals surface area (Å²) in [7, 11) is 0. The molecule has 0 amide bonds. The summed E-state index contributed by atoms with van der Waals surface area (Å²) in [5, 5.41) is 9.10. The van der Waals surface area contributed by atoms with Gasteiger partial charge in [0.05, 0.1) is 11.4 Å². The predicted octanol–water partition coefficient (Wildman–Crippen LogP) is 3.03. The third-order valence-electron chi connectivity index (χ3n) is 4.31. The number of benzene rings is 1. The van der Waals surface area contributed by atoms with Crippen LogP contribution in [-0.4, -0.2) is 41.3 Å². The number of ether oxygens (including phenoxy) is 1. The van der Waals surface area contributed by atoms with Crippen molar-refractivity contribution in [2.45, 2.75) is 32.4 Å². The normalized spacial score (nSPS) is 15.5. The number of nitrogens with zero attached hydrogens (tertiary/aromatic N) is 2. The van der Waals surface area contributed by atoms with Crippen molar-refractivity contribution in [3.8, 4) is 0 Å². The van der Waals surface area contributed by atoms with E-state index in [0.717, 1.165) is 48.8 Å². The first kappa shape index (κ1) is 15.6. The third-order valence-corrected chi connectivity index (χ3v) is 4.31. The number of amidine groups is 1. The minimum Gasteiger partial charge on any atom is -0.381 e. The molecule has 0 saturated carbocycles. The highest BCUT2D eigenvalue weighted by Crippen LogP contribution is 2.20. The van der Waals surface area contributed by atoms with E-state index < -0.39 is 0 Å². The first-order chi connectivity index (χ1) is 11.2. The summed E-state index contributed by atoms with van der Waals surface area (Å²) in [4.78, 5) is 17.3. The number of hydrogen-bond acceptors (Lipinski definition) is 4. The minimum absolute atomic E-state index is 0.368. The van der Waals surface area contributed by atoms with Crippen LogP contribution in [0.1, 0.15) is 35.8 Å². The van der Waals surface area contributed by atoms with Gasteiger partial charge in [0.15, 0.2) is 6.29 Å². The van der Waals surface area contributed by atoms with E-state index in [1.807, 2.05) is 25.1 Å². The molecule has 0 unspecified atom stereocenters. The Kier molecular flexibility index (Phi) is 4.67. The molecular weight excluding hydrogens is 290 g/mol. The summed E-state index contributed by atoms with van der Waals surface area (Å²) in [6.45, 7) is 4.09. The third kappa shape index (κ3) is 3.56. The predicted molar refractivity (Wildman–Crippen MR) is 89.9 cm³/mol. The minimum atomic E-state index is 0.368. The molecule has 3 rings (SSSR count). The van der Waals surface area contributed by atoms with Crippen LogP contribution in [-0.2, 0) is 11.3 Å². The average Bonchev–Trinajstić information content (AvgIpc) is 2.59. The lowest BCUT2D eigenvalue weighted by Crippen LogP contribution is -2.41. The number of fused-ring (bicyclic) bond motifs is 1. The lowest BCUT2D eigenvalue weighted by molar-refractivity contribution is 0.0531. The van der Waals surface area contributed by atoms with Gasteiger partial charge in [-0.1, -0.05) is 12.1 Å². The van der Waals surface area contributed by atoms with Gasteiger partial charge < -0.3 is 9.64 Å². The summed E-state index contributed by atoms with van der Waals surface area (Å²) < 4.78 is 5.43. The van der Waals surface area contributed by atoms with Gasteiger partial charge in [-0.15, -0.1) is 0 Å². The lowest BCUT2D eigenvalue weighted by Gasteiger charge is -2.35. The smallest absolute Gasteiger partial charge is 0.168 e. The van der Waals surface area contributed by atoms with E-state index >= 15 is 0 Å². The van der Waals surface area contributed by atoms with Crippen LogP contribution < -0.4 is 0 Å². The molecule has 5 heteroatoms. The van der Waals surface area contributed by atoms with E-state index in [1.54, 1.807) is 6.07 Å². The van der Waals surface area contributed by atoms with Gasteiger partial charge in [0.2, 0.25) is 0 Å². The number of pyridine rings is 1. The van der Waals surface area contributed by atoms with Gasteiger partial charge in [0, 0.05) is 31.2 Å². The Balaban J connectivity index is 1.83. The van der Waals surface area contributed by atoms with Crippen LogP contribution in [0.2, 0.25) is 0 Å². The first-order valence-electron chi connectivity index (χ1n) is 7.92. The van der Waals surface area contributed by atoms with Crippen LogP contribution in [0, 0.1) is 5.41 Å². The highest BCUT2D eigenvalue weighted by Gasteiger charge is 2.22. The van der Waals surface area contributed by atoms with Crippen molar-refractivity contribution in [1.82, 2.24) is 9.88 Å². The second-order valence-corrected chi connectivity index (χ2v) is 5.94. The molecule has 5 nitrogen and oxygen atoms in total. The molecule has 0 aliphatic carbocycles. The molecule has 2 aromatic rings. The zero-order chi connectivity index (χ0) is 16.2. The van der Waals surface area contributed by atoms with Crippen LogP contribution in [0.4, 0.5) is 0 Å². The van der Waals surface area contributed by atoms with E-state index in [2.05, 4.69) is 16.0 Å². The van der Waals surface area contributed by atoms with Crippen molar-refractivity contribution < 1.29 is 9.53 Å². The Morgan fingerprint density at radius 2 is 2.13 bits per heavy atom. The van der Waals surface area contributed by atoms with Crippen molar-refractivity contribution in [3.63, 3.8) is 0 Å². The van der Waals surface area contributed by atoms with E-state index in [4.69, 9.17) is 10.1 Å². The van der Waals surface area contributed by atoms with Crippen molar-refractivity contribution in [3.05, 3.63) is 41.6 Å². The van der Waals surface area contributed by atoms with Crippen molar-refractivity contribution in [1.29, 1.82) is 5.41 Å². The number of rotatable bonds is 4. The largest absolute Gasteiger partial charge is 0.381 e. The van der Waals surface area contributed by atoms with Crippen LogP contribution in [0.3, 0.4) is 0 Å². The summed E-state index contributed by atoms with van der Waals surface area (Å²) in [6, 6.07) is 10.1. The maximum absolute atomic E-state index is 10.8. The number of carbonyl (C=O) groups excluding carboxylic acids is 1. The number of aldehydes is 1. The highest BCUT2D eigenvalue weighted by molar-refractivity contribution is 5.84. The molecule has 2 heterocycles. The van der Waals surface area contributed by atoms with Crippen LogP contribution in [0.15, 0.2) is 30.3 Å². The number of hydrogen-bond donors (Lipinski definition) is 1. The Morgan fingerprint density at radius 1 is 1.35 bits per heavy atom. The van der Waals surface area contributed by atoms with Gasteiger partial charge in [-0.3, -0.25) is 10.2 Å². The van der Waals surface area contributed by atoms with Crippen LogP contribution in [0.25, 0.3) is 10.9 Å². The number of carbonyl (C=O) groups is 1.